The Morgan fingerprint density at radius 3 is 0.694 bits per heavy atom. The number of benzene rings is 7. The third-order valence-corrected chi connectivity index (χ3v) is 17.3. The zero-order valence-corrected chi connectivity index (χ0v) is 40.5. The molecule has 6 bridgehead atoms. The van der Waals surface area contributed by atoms with Gasteiger partial charge in [0.15, 0.2) is 0 Å². The summed E-state index contributed by atoms with van der Waals surface area (Å²) >= 11 is 0. The van der Waals surface area contributed by atoms with Crippen LogP contribution in [0.15, 0.2) is 72.8 Å². The minimum absolute atomic E-state index is 0.0820. The lowest BCUT2D eigenvalue weighted by Gasteiger charge is -2.40. The SMILES string of the molecule is COC(=O)c1cc2cc3c(cc2cc1C(=O)OC)[C@H]1C[C@@H]3Cc2c1c1c(c3c2[C@@H]2C[C@H](C3)c3cc4cc(C(=O)OC)c(C(=O)OC)cc4cc32)[C@@H]2C[C@H](C1)c1cc3cc(C(=O)OC)c(C(=O)OC)cc3cc12. The summed E-state index contributed by atoms with van der Waals surface area (Å²) in [6, 6.07) is 23.9. The molecular weight excluding hydrogens is 913 g/mol. The smallest absolute Gasteiger partial charge is 0.338 e. The molecule has 12 heteroatoms. The van der Waals surface area contributed by atoms with E-state index in [2.05, 4.69) is 36.4 Å². The molecule has 6 atom stereocenters. The van der Waals surface area contributed by atoms with Gasteiger partial charge in [0.2, 0.25) is 0 Å². The predicted octanol–water partition coefficient (Wildman–Crippen LogP) is 10.4. The Kier molecular flexibility index (Phi) is 9.69. The second-order valence-corrected chi connectivity index (χ2v) is 20.4. The zero-order valence-electron chi connectivity index (χ0n) is 40.5. The number of rotatable bonds is 6. The molecule has 0 radical (unpaired) electrons. The van der Waals surface area contributed by atoms with E-state index >= 15 is 0 Å². The molecule has 0 amide bonds. The fourth-order valence-corrected chi connectivity index (χ4v) is 14.5. The van der Waals surface area contributed by atoms with Gasteiger partial charge in [-0.2, -0.15) is 0 Å². The highest BCUT2D eigenvalue weighted by molar-refractivity contribution is 6.10. The molecule has 6 aliphatic rings. The first-order valence-corrected chi connectivity index (χ1v) is 24.4. The quantitative estimate of drug-likeness (QED) is 0.115. The van der Waals surface area contributed by atoms with Crippen molar-refractivity contribution in [2.45, 2.75) is 74.0 Å². The van der Waals surface area contributed by atoms with Gasteiger partial charge in [0.25, 0.3) is 0 Å². The molecule has 0 spiro atoms. The highest BCUT2D eigenvalue weighted by atomic mass is 16.5. The summed E-state index contributed by atoms with van der Waals surface area (Å²) in [7, 11) is 7.84. The van der Waals surface area contributed by atoms with E-state index < -0.39 is 35.8 Å². The first-order valence-electron chi connectivity index (χ1n) is 24.4. The Labute approximate surface area is 413 Å². The van der Waals surface area contributed by atoms with Crippen LogP contribution in [-0.4, -0.2) is 78.5 Å². The van der Waals surface area contributed by atoms with Gasteiger partial charge in [0.1, 0.15) is 0 Å². The average Bonchev–Trinajstić information content (AvgIpc) is 3.96. The topological polar surface area (TPSA) is 158 Å². The lowest BCUT2D eigenvalue weighted by atomic mass is 9.64. The van der Waals surface area contributed by atoms with Crippen LogP contribution in [0.5, 0.6) is 0 Å². The van der Waals surface area contributed by atoms with Gasteiger partial charge in [-0.05, 0) is 192 Å². The van der Waals surface area contributed by atoms with Gasteiger partial charge in [-0.25, -0.2) is 28.8 Å². The molecule has 0 fully saturated rings. The molecule has 0 saturated heterocycles. The van der Waals surface area contributed by atoms with Crippen LogP contribution in [0, 0.1) is 0 Å². The molecule has 0 aromatic heterocycles. The molecule has 0 aliphatic heterocycles. The average molecular weight is 961 g/mol. The van der Waals surface area contributed by atoms with E-state index in [9.17, 15) is 28.8 Å². The number of carbonyl (C=O) groups is 6. The van der Waals surface area contributed by atoms with Crippen molar-refractivity contribution < 1.29 is 57.2 Å². The Balaban J connectivity index is 1.04. The van der Waals surface area contributed by atoms with Crippen molar-refractivity contribution in [2.24, 2.45) is 0 Å². The largest absolute Gasteiger partial charge is 0.465 e. The van der Waals surface area contributed by atoms with Gasteiger partial charge in [-0.3, -0.25) is 0 Å². The third kappa shape index (κ3) is 6.04. The van der Waals surface area contributed by atoms with Crippen LogP contribution in [-0.2, 0) is 47.7 Å². The minimum atomic E-state index is -0.610. The first-order chi connectivity index (χ1) is 34.9. The summed E-state index contributed by atoms with van der Waals surface area (Å²) in [5.41, 5.74) is 17.0. The minimum Gasteiger partial charge on any atom is -0.465 e. The van der Waals surface area contributed by atoms with E-state index in [1.54, 1.807) is 36.4 Å². The lowest BCUT2D eigenvalue weighted by molar-refractivity contribution is 0.0555. The number of hydrogen-bond acceptors (Lipinski definition) is 12. The van der Waals surface area contributed by atoms with E-state index in [0.29, 0.717) is 0 Å². The monoisotopic (exact) mass is 960 g/mol. The van der Waals surface area contributed by atoms with E-state index in [-0.39, 0.29) is 68.9 Å². The highest BCUT2D eigenvalue weighted by Crippen LogP contribution is 2.65. The summed E-state index contributed by atoms with van der Waals surface area (Å²) in [5.74, 6) is -2.74. The van der Waals surface area contributed by atoms with Crippen molar-refractivity contribution in [1.29, 1.82) is 0 Å². The Morgan fingerprint density at radius 2 is 0.500 bits per heavy atom. The molecule has 0 heterocycles. The van der Waals surface area contributed by atoms with E-state index in [1.807, 2.05) is 0 Å². The number of ether oxygens (including phenoxy) is 6. The molecule has 0 N–H and O–H groups in total. The molecule has 13 rings (SSSR count). The fourth-order valence-electron chi connectivity index (χ4n) is 14.5. The molecule has 360 valence electrons. The first kappa shape index (κ1) is 44.1. The number of hydrogen-bond donors (Lipinski definition) is 0. The molecule has 0 unspecified atom stereocenters. The molecule has 12 nitrogen and oxygen atoms in total. The van der Waals surface area contributed by atoms with E-state index in [4.69, 9.17) is 28.4 Å². The Hall–Kier alpha value is -7.86. The summed E-state index contributed by atoms with van der Waals surface area (Å²) in [6.07, 6.45) is 5.35. The third-order valence-electron chi connectivity index (χ3n) is 17.3. The van der Waals surface area contributed by atoms with Gasteiger partial charge >= 0.3 is 35.8 Å². The maximum atomic E-state index is 13.2. The van der Waals surface area contributed by atoms with Gasteiger partial charge < -0.3 is 28.4 Å². The second kappa shape index (κ2) is 15.8. The van der Waals surface area contributed by atoms with Crippen LogP contribution in [0.2, 0.25) is 0 Å². The van der Waals surface area contributed by atoms with Crippen LogP contribution in [0.3, 0.4) is 0 Å². The normalized spacial score (nSPS) is 20.9. The number of carbonyl (C=O) groups excluding carboxylic acids is 6. The molecule has 7 aromatic carbocycles. The second-order valence-electron chi connectivity index (χ2n) is 20.4. The summed E-state index contributed by atoms with van der Waals surface area (Å²) in [5, 5.41) is 5.11. The van der Waals surface area contributed by atoms with Crippen molar-refractivity contribution in [3.05, 3.63) is 173 Å². The van der Waals surface area contributed by atoms with Crippen molar-refractivity contribution in [1.82, 2.24) is 0 Å². The van der Waals surface area contributed by atoms with Gasteiger partial charge in [0, 0.05) is 17.8 Å². The van der Waals surface area contributed by atoms with Crippen LogP contribution >= 0.6 is 0 Å². The van der Waals surface area contributed by atoms with Crippen molar-refractivity contribution in [3.63, 3.8) is 0 Å². The van der Waals surface area contributed by atoms with Crippen molar-refractivity contribution >= 4 is 68.1 Å². The predicted molar refractivity (Wildman–Crippen MR) is 265 cm³/mol. The summed E-state index contributed by atoms with van der Waals surface area (Å²) in [4.78, 5) is 78.7. The standard InChI is InChI=1S/C60H48O12/c1-67-55(61)43-13-25-7-34-31-19-40(37(34)10-28(25)16-46(43)58(64)70-4)52-49(22-31)53-41-20-33(36-9-27-15-45(57(63)69-3)47(59(65)71-5)17-29(27)11-38(36)41)24-51(53)54-42-21-32(23-50(52)54)35-8-26-14-44(56(62)68-2)48(60(66)72-6)18-30(26)12-39(35)42/h7-18,31-33,40-42H,19-24H2,1-6H3/t31-,32-,33-,40-,41-,42-/m1/s1. The van der Waals surface area contributed by atoms with Gasteiger partial charge in [-0.15, -0.1) is 0 Å². The maximum Gasteiger partial charge on any atom is 0.338 e. The van der Waals surface area contributed by atoms with Crippen LogP contribution in [0.4, 0.5) is 0 Å². The fraction of sp³-hybridized carbons (Fsp3) is 0.300. The zero-order chi connectivity index (χ0) is 49.8. The Bertz CT molecular complexity index is 3330. The van der Waals surface area contributed by atoms with E-state index in [0.717, 1.165) is 70.8 Å². The summed E-state index contributed by atoms with van der Waals surface area (Å²) < 4.78 is 30.8. The van der Waals surface area contributed by atoms with Crippen LogP contribution in [0.1, 0.15) is 184 Å². The van der Waals surface area contributed by atoms with Crippen LogP contribution in [0.25, 0.3) is 32.3 Å². The number of methoxy groups -OCH3 is 6. The Morgan fingerprint density at radius 1 is 0.306 bits per heavy atom. The number of fused-ring (bicyclic) bond motifs is 27. The summed E-state index contributed by atoms with van der Waals surface area (Å²) in [6.45, 7) is 0. The molecule has 6 aliphatic carbocycles. The van der Waals surface area contributed by atoms with Gasteiger partial charge in [0.05, 0.1) is 76.0 Å². The molecule has 72 heavy (non-hydrogen) atoms. The molecular formula is C60H48O12. The molecule has 0 saturated carbocycles. The molecule has 7 aromatic rings. The highest BCUT2D eigenvalue weighted by Gasteiger charge is 2.50. The lowest BCUT2D eigenvalue weighted by Crippen LogP contribution is -2.26. The van der Waals surface area contributed by atoms with E-state index in [1.165, 1.54) is 109 Å². The van der Waals surface area contributed by atoms with Crippen molar-refractivity contribution in [3.8, 4) is 0 Å². The van der Waals surface area contributed by atoms with Crippen molar-refractivity contribution in [2.75, 3.05) is 42.7 Å². The maximum absolute atomic E-state index is 13.2. The van der Waals surface area contributed by atoms with Crippen LogP contribution < -0.4 is 0 Å². The van der Waals surface area contributed by atoms with Gasteiger partial charge in [-0.1, -0.05) is 36.4 Å². The number of esters is 6.